The molecule has 0 radical (unpaired) electrons. The summed E-state index contributed by atoms with van der Waals surface area (Å²) in [6.07, 6.45) is 25.7. The number of aromatic amines is 2. The fourth-order valence-electron chi connectivity index (χ4n) is 14.0. The molecule has 0 atom stereocenters. The van der Waals surface area contributed by atoms with Gasteiger partial charge in [0.25, 0.3) is 0 Å². The fourth-order valence-corrected chi connectivity index (χ4v) is 14.7. The summed E-state index contributed by atoms with van der Waals surface area (Å²) in [4.78, 5) is 77.9. The summed E-state index contributed by atoms with van der Waals surface area (Å²) in [7, 11) is 3.57. The van der Waals surface area contributed by atoms with Gasteiger partial charge in [-0.15, -0.1) is 17.8 Å². The van der Waals surface area contributed by atoms with Crippen LogP contribution in [0, 0.1) is 31.1 Å². The molecule has 476 valence electrons. The number of nitrogens with zero attached hydrogens (tertiary/aromatic N) is 12. The number of aromatic nitrogens is 12. The van der Waals surface area contributed by atoms with Crippen LogP contribution in [0.15, 0.2) is 126 Å². The maximum atomic E-state index is 12.3. The lowest BCUT2D eigenvalue weighted by molar-refractivity contribution is -0.143. The van der Waals surface area contributed by atoms with Crippen molar-refractivity contribution in [2.75, 3.05) is 44.4 Å². The highest BCUT2D eigenvalue weighted by Crippen LogP contribution is 2.43. The SMILES string of the molecule is C#Cc1cccc2cc(-c3nc(C4CCC(C(=O)O)CC4)n4ccnc(N)c34)[nH]c12.Cc1cccc2cc(-c3nc(C4CCN(C(=O)N(C)C)CC4)n4ccnc(N)c34)oc12.Nc1nccn2c(C3CCC(C(=O)O)CC3)nc(-c3cc4cccc(-c5nccs5)c4[nH]3)c12. The normalized spacial score (nSPS) is 17.7. The van der Waals surface area contributed by atoms with Crippen molar-refractivity contribution in [3.05, 3.63) is 150 Å². The van der Waals surface area contributed by atoms with Crippen molar-refractivity contribution < 1.29 is 29.0 Å². The van der Waals surface area contributed by atoms with Gasteiger partial charge >= 0.3 is 18.0 Å². The first-order valence-corrected chi connectivity index (χ1v) is 32.4. The van der Waals surface area contributed by atoms with Gasteiger partial charge in [-0.05, 0) is 107 Å². The number of furan rings is 1. The van der Waals surface area contributed by atoms with Gasteiger partial charge in [0.05, 0.1) is 34.3 Å². The first-order valence-electron chi connectivity index (χ1n) is 31.5. The number of para-hydroxylation sites is 3. The predicted octanol–water partition coefficient (Wildman–Crippen LogP) is 12.6. The Morgan fingerprint density at radius 3 is 1.59 bits per heavy atom. The number of fused-ring (bicyclic) bond motifs is 6. The third-order valence-corrected chi connectivity index (χ3v) is 19.6. The number of imidazole rings is 3. The number of carbonyl (C=O) groups excluding carboxylic acids is 1. The maximum Gasteiger partial charge on any atom is 0.319 e. The molecule has 2 saturated carbocycles. The minimum atomic E-state index is -0.710. The molecular formula is C70H69N17O6S. The van der Waals surface area contributed by atoms with Gasteiger partial charge in [-0.25, -0.2) is 39.7 Å². The number of anilines is 3. The van der Waals surface area contributed by atoms with Crippen LogP contribution in [0.3, 0.4) is 0 Å². The van der Waals surface area contributed by atoms with Crippen LogP contribution in [0.5, 0.6) is 0 Å². The van der Waals surface area contributed by atoms with Gasteiger partial charge in [0.1, 0.15) is 79.1 Å². The molecule has 0 bridgehead atoms. The Balaban J connectivity index is 0.000000122. The molecule has 0 spiro atoms. The number of likely N-dealkylation sites (tertiary alicyclic amines) is 1. The highest BCUT2D eigenvalue weighted by molar-refractivity contribution is 7.13. The summed E-state index contributed by atoms with van der Waals surface area (Å²) < 4.78 is 12.3. The molecule has 1 aliphatic heterocycles. The van der Waals surface area contributed by atoms with E-state index in [1.165, 1.54) is 0 Å². The third-order valence-electron chi connectivity index (χ3n) is 18.8. The van der Waals surface area contributed by atoms with Gasteiger partial charge < -0.3 is 51.6 Å². The summed E-state index contributed by atoms with van der Waals surface area (Å²) in [6, 6.07) is 24.3. The molecule has 0 unspecified atom stereocenters. The van der Waals surface area contributed by atoms with E-state index in [4.69, 9.17) is 43.0 Å². The zero-order valence-corrected chi connectivity index (χ0v) is 52.8. The van der Waals surface area contributed by atoms with Gasteiger partial charge in [-0.3, -0.25) is 22.8 Å². The number of thiazole rings is 1. The van der Waals surface area contributed by atoms with Gasteiger partial charge in [-0.1, -0.05) is 48.4 Å². The quantitative estimate of drug-likeness (QED) is 0.0660. The minimum Gasteiger partial charge on any atom is -0.481 e. The zero-order valence-electron chi connectivity index (χ0n) is 52.0. The summed E-state index contributed by atoms with van der Waals surface area (Å²) in [6.45, 7) is 3.44. The summed E-state index contributed by atoms with van der Waals surface area (Å²) in [5.74, 6) is 6.02. The second-order valence-corrected chi connectivity index (χ2v) is 25.6. The van der Waals surface area contributed by atoms with Gasteiger partial charge in [0.15, 0.2) is 5.76 Å². The second-order valence-electron chi connectivity index (χ2n) is 24.8. The Kier molecular flexibility index (Phi) is 16.0. The van der Waals surface area contributed by atoms with Crippen molar-refractivity contribution in [2.24, 2.45) is 11.8 Å². The topological polar surface area (TPSA) is 324 Å². The predicted molar refractivity (Wildman–Crippen MR) is 363 cm³/mol. The lowest BCUT2D eigenvalue weighted by Crippen LogP contribution is -2.43. The molecule has 3 fully saturated rings. The van der Waals surface area contributed by atoms with Crippen molar-refractivity contribution >= 4 is 96.1 Å². The number of benzene rings is 3. The van der Waals surface area contributed by atoms with Crippen molar-refractivity contribution in [3.63, 3.8) is 0 Å². The Labute approximate surface area is 542 Å². The summed E-state index contributed by atoms with van der Waals surface area (Å²) >= 11 is 1.60. The number of carboxylic acids is 2. The molecule has 13 aromatic rings. The number of nitrogen functional groups attached to an aromatic ring is 3. The second kappa shape index (κ2) is 24.9. The number of terminal acetylenes is 1. The number of carboxylic acid groups (broad SMARTS) is 2. The van der Waals surface area contributed by atoms with Crippen molar-refractivity contribution in [3.8, 4) is 57.1 Å². The molecule has 10 aromatic heterocycles. The van der Waals surface area contributed by atoms with E-state index in [1.807, 2.05) is 110 Å². The van der Waals surface area contributed by atoms with E-state index < -0.39 is 11.9 Å². The number of nitrogens with two attached hydrogens (primary N) is 3. The van der Waals surface area contributed by atoms with Crippen LogP contribution >= 0.6 is 11.3 Å². The van der Waals surface area contributed by atoms with E-state index in [0.29, 0.717) is 67.7 Å². The zero-order chi connectivity index (χ0) is 65.1. The van der Waals surface area contributed by atoms with Crippen molar-refractivity contribution in [2.45, 2.75) is 88.9 Å². The number of hydrogen-bond acceptors (Lipinski definition) is 15. The smallest absolute Gasteiger partial charge is 0.319 e. The van der Waals surface area contributed by atoms with Crippen LogP contribution in [-0.2, 0) is 9.59 Å². The molecule has 2 amide bonds. The highest BCUT2D eigenvalue weighted by atomic mass is 32.1. The molecule has 24 heteroatoms. The monoisotopic (exact) mass is 1280 g/mol. The Morgan fingerprint density at radius 2 is 1.09 bits per heavy atom. The molecule has 94 heavy (non-hydrogen) atoms. The van der Waals surface area contributed by atoms with Crippen LogP contribution in [0.4, 0.5) is 22.2 Å². The van der Waals surface area contributed by atoms with Crippen LogP contribution < -0.4 is 17.2 Å². The number of piperidine rings is 1. The molecule has 3 aliphatic rings. The molecule has 2 aliphatic carbocycles. The number of H-pyrrole nitrogens is 2. The van der Waals surface area contributed by atoms with E-state index in [2.05, 4.69) is 54.0 Å². The lowest BCUT2D eigenvalue weighted by atomic mass is 9.81. The number of hydrogen-bond donors (Lipinski definition) is 7. The van der Waals surface area contributed by atoms with E-state index in [9.17, 15) is 24.6 Å². The van der Waals surface area contributed by atoms with E-state index in [1.54, 1.807) is 48.9 Å². The van der Waals surface area contributed by atoms with Gasteiger partial charge in [-0.2, -0.15) is 0 Å². The number of carbonyl (C=O) groups is 3. The van der Waals surface area contributed by atoms with E-state index in [0.717, 1.165) is 150 Å². The average molecular weight is 1280 g/mol. The van der Waals surface area contributed by atoms with Crippen molar-refractivity contribution in [1.29, 1.82) is 0 Å². The highest BCUT2D eigenvalue weighted by Gasteiger charge is 2.34. The number of aliphatic carboxylic acids is 2. The van der Waals surface area contributed by atoms with Crippen LogP contribution in [0.1, 0.15) is 111 Å². The molecular weight excluding hydrogens is 1210 g/mol. The maximum absolute atomic E-state index is 12.3. The number of urea groups is 1. The first kappa shape index (κ1) is 60.5. The minimum absolute atomic E-state index is 0.0539. The number of nitrogens with one attached hydrogen (secondary N) is 2. The van der Waals surface area contributed by atoms with E-state index in [-0.39, 0.29) is 35.6 Å². The largest absolute Gasteiger partial charge is 0.481 e. The van der Waals surface area contributed by atoms with Crippen LogP contribution in [0.25, 0.3) is 94.1 Å². The van der Waals surface area contributed by atoms with Crippen molar-refractivity contribution in [1.82, 2.24) is 67.9 Å². The number of rotatable bonds is 9. The third kappa shape index (κ3) is 11.1. The molecule has 3 aromatic carbocycles. The van der Waals surface area contributed by atoms with E-state index >= 15 is 0 Å². The standard InChI is InChI=1S/C24H22N6O2S.C23H26N6O2.C23H21N5O2/c25-21-20-19(17-12-15-2-1-3-16(18(15)28-17)23-27-9-11-33-23)29-22(30(20)10-8-26-21)13-4-6-14(7-5-13)24(31)32;1-14-5-4-6-16-13-17(31-20(14)16)18-19-21(24)25-9-12-29(19)22(26-18)15-7-10-28(11-8-15)23(30)27(2)3;1-2-13-4-3-5-16-12-17(26-18(13)16)19-20-21(24)25-10-11-28(20)22(27-19)14-6-8-15(9-7-14)23(29)30/h1-3,8-14,28H,4-7H2,(H2,25,26)(H,31,32);4-6,9,12-13,15H,7-8,10-11H2,1-3H3,(H2,24,25);1,3-5,10-12,14-15,26H,6-9H2,(H2,24,25)(H,29,30). The number of aryl methyl sites for hydroxylation is 1. The molecule has 11 heterocycles. The Bertz CT molecular complexity index is 5080. The average Bonchev–Trinajstić information content (AvgIpc) is 1.61. The summed E-state index contributed by atoms with van der Waals surface area (Å²) in [5.41, 5.74) is 30.7. The molecule has 1 saturated heterocycles. The summed E-state index contributed by atoms with van der Waals surface area (Å²) in [5, 5.41) is 24.7. The molecule has 23 nitrogen and oxygen atoms in total. The van der Waals surface area contributed by atoms with Gasteiger partial charge in [0.2, 0.25) is 0 Å². The first-order chi connectivity index (χ1) is 45.6. The Hall–Kier alpha value is -11.1. The van der Waals surface area contributed by atoms with Crippen LogP contribution in [-0.4, -0.2) is 123 Å². The number of amides is 2. The molecule has 10 N–H and O–H groups in total. The molecule has 16 rings (SSSR count). The van der Waals surface area contributed by atoms with Crippen LogP contribution in [0.2, 0.25) is 0 Å². The fraction of sp³-hybridized carbons (Fsp3) is 0.286. The Morgan fingerprint density at radius 1 is 0.606 bits per heavy atom. The lowest BCUT2D eigenvalue weighted by Gasteiger charge is -2.33. The van der Waals surface area contributed by atoms with Gasteiger partial charge in [0, 0.05) is 121 Å².